The van der Waals surface area contributed by atoms with Gasteiger partial charge in [0.05, 0.1) is 0 Å². The van der Waals surface area contributed by atoms with Crippen molar-refractivity contribution in [3.05, 3.63) is 0 Å². The van der Waals surface area contributed by atoms with E-state index < -0.39 is 0 Å². The number of aliphatic hydroxyl groups excluding tert-OH is 1. The Hall–Kier alpha value is -0.0800. The molecule has 0 aromatic heterocycles. The van der Waals surface area contributed by atoms with E-state index >= 15 is 0 Å². The summed E-state index contributed by atoms with van der Waals surface area (Å²) in [7, 11) is 0. The van der Waals surface area contributed by atoms with Crippen LogP contribution in [0.1, 0.15) is 38.5 Å². The van der Waals surface area contributed by atoms with E-state index in [1.807, 2.05) is 0 Å². The first-order chi connectivity index (χ1) is 6.92. The molecule has 1 aliphatic carbocycles. The van der Waals surface area contributed by atoms with Gasteiger partial charge in [0.1, 0.15) is 0 Å². The fourth-order valence-electron chi connectivity index (χ4n) is 2.98. The van der Waals surface area contributed by atoms with Gasteiger partial charge in [-0.2, -0.15) is 0 Å². The van der Waals surface area contributed by atoms with E-state index in [4.69, 9.17) is 9.84 Å². The number of ether oxygens (including phenoxy) is 1. The van der Waals surface area contributed by atoms with Gasteiger partial charge in [0, 0.05) is 19.8 Å². The number of rotatable bonds is 4. The van der Waals surface area contributed by atoms with Crippen LogP contribution in [-0.4, -0.2) is 24.9 Å². The van der Waals surface area contributed by atoms with Gasteiger partial charge < -0.3 is 9.84 Å². The van der Waals surface area contributed by atoms with Crippen LogP contribution in [0.2, 0.25) is 0 Å². The molecule has 0 aromatic rings. The quantitative estimate of drug-likeness (QED) is 0.750. The zero-order valence-corrected chi connectivity index (χ0v) is 8.95. The number of hydrogen-bond acceptors (Lipinski definition) is 2. The summed E-state index contributed by atoms with van der Waals surface area (Å²) in [6, 6.07) is 0. The van der Waals surface area contributed by atoms with E-state index in [0.717, 1.165) is 37.4 Å². The third-order valence-corrected chi connectivity index (χ3v) is 4.02. The molecular weight excluding hydrogens is 176 g/mol. The molecule has 2 unspecified atom stereocenters. The molecule has 0 amide bonds. The summed E-state index contributed by atoms with van der Waals surface area (Å²) >= 11 is 0. The minimum absolute atomic E-state index is 0.359. The van der Waals surface area contributed by atoms with Crippen LogP contribution < -0.4 is 0 Å². The van der Waals surface area contributed by atoms with Gasteiger partial charge in [0.15, 0.2) is 0 Å². The molecule has 0 bridgehead atoms. The minimum Gasteiger partial charge on any atom is -0.396 e. The van der Waals surface area contributed by atoms with Crippen LogP contribution in [0.25, 0.3) is 0 Å². The highest BCUT2D eigenvalue weighted by Gasteiger charge is 2.33. The largest absolute Gasteiger partial charge is 0.396 e. The Morgan fingerprint density at radius 3 is 2.43 bits per heavy atom. The summed E-state index contributed by atoms with van der Waals surface area (Å²) in [6.45, 7) is 2.26. The zero-order chi connectivity index (χ0) is 9.80. The SMILES string of the molecule is OCCC(C1CCC1)C1CCCOC1. The van der Waals surface area contributed by atoms with Crippen LogP contribution >= 0.6 is 0 Å². The van der Waals surface area contributed by atoms with Gasteiger partial charge in [0.2, 0.25) is 0 Å². The summed E-state index contributed by atoms with van der Waals surface area (Å²) in [5, 5.41) is 9.10. The van der Waals surface area contributed by atoms with E-state index in [1.54, 1.807) is 0 Å². The number of hydrogen-bond donors (Lipinski definition) is 1. The molecule has 1 aliphatic heterocycles. The fourth-order valence-corrected chi connectivity index (χ4v) is 2.98. The van der Waals surface area contributed by atoms with Crippen molar-refractivity contribution in [2.45, 2.75) is 38.5 Å². The molecule has 0 radical (unpaired) electrons. The first-order valence-corrected chi connectivity index (χ1v) is 6.10. The predicted octanol–water partition coefficient (Wildman–Crippen LogP) is 2.21. The van der Waals surface area contributed by atoms with Crippen molar-refractivity contribution < 1.29 is 9.84 Å². The Morgan fingerprint density at radius 2 is 1.93 bits per heavy atom. The van der Waals surface area contributed by atoms with Gasteiger partial charge in [-0.05, 0) is 37.0 Å². The van der Waals surface area contributed by atoms with Crippen molar-refractivity contribution in [3.63, 3.8) is 0 Å². The van der Waals surface area contributed by atoms with Crippen LogP contribution in [0.15, 0.2) is 0 Å². The smallest absolute Gasteiger partial charge is 0.0497 e. The molecule has 2 nitrogen and oxygen atoms in total. The van der Waals surface area contributed by atoms with Gasteiger partial charge in [-0.25, -0.2) is 0 Å². The van der Waals surface area contributed by atoms with Crippen molar-refractivity contribution >= 4 is 0 Å². The predicted molar refractivity (Wildman–Crippen MR) is 56.1 cm³/mol. The summed E-state index contributed by atoms with van der Waals surface area (Å²) < 4.78 is 5.55. The van der Waals surface area contributed by atoms with Crippen molar-refractivity contribution in [1.82, 2.24) is 0 Å². The van der Waals surface area contributed by atoms with Gasteiger partial charge in [-0.3, -0.25) is 0 Å². The van der Waals surface area contributed by atoms with E-state index in [1.165, 1.54) is 32.1 Å². The highest BCUT2D eigenvalue weighted by molar-refractivity contribution is 4.83. The van der Waals surface area contributed by atoms with Gasteiger partial charge in [-0.1, -0.05) is 19.3 Å². The van der Waals surface area contributed by atoms with Gasteiger partial charge in [0.25, 0.3) is 0 Å². The maximum absolute atomic E-state index is 9.10. The lowest BCUT2D eigenvalue weighted by atomic mass is 9.68. The molecule has 14 heavy (non-hydrogen) atoms. The lowest BCUT2D eigenvalue weighted by molar-refractivity contribution is -0.00356. The van der Waals surface area contributed by atoms with E-state index in [9.17, 15) is 0 Å². The Balaban J connectivity index is 1.86. The van der Waals surface area contributed by atoms with Gasteiger partial charge in [-0.15, -0.1) is 0 Å². The molecule has 2 fully saturated rings. The summed E-state index contributed by atoms with van der Waals surface area (Å²) in [5.74, 6) is 2.38. The first kappa shape index (κ1) is 10.4. The Bertz CT molecular complexity index is 160. The molecule has 82 valence electrons. The molecule has 1 saturated carbocycles. The average Bonchev–Trinajstić information content (AvgIpc) is 2.16. The van der Waals surface area contributed by atoms with Crippen molar-refractivity contribution in [2.24, 2.45) is 17.8 Å². The molecule has 2 aliphatic rings. The lowest BCUT2D eigenvalue weighted by Crippen LogP contribution is -2.34. The van der Waals surface area contributed by atoms with Crippen LogP contribution in [-0.2, 0) is 4.74 Å². The average molecular weight is 198 g/mol. The topological polar surface area (TPSA) is 29.5 Å². The van der Waals surface area contributed by atoms with E-state index in [2.05, 4.69) is 0 Å². The highest BCUT2D eigenvalue weighted by Crippen LogP contribution is 2.41. The molecular formula is C12H22O2. The number of aliphatic hydroxyl groups is 1. The van der Waals surface area contributed by atoms with Crippen molar-refractivity contribution in [1.29, 1.82) is 0 Å². The molecule has 0 spiro atoms. The fraction of sp³-hybridized carbons (Fsp3) is 1.00. The van der Waals surface area contributed by atoms with E-state index in [0.29, 0.717) is 6.61 Å². The summed E-state index contributed by atoms with van der Waals surface area (Å²) in [4.78, 5) is 0. The zero-order valence-electron chi connectivity index (χ0n) is 8.95. The van der Waals surface area contributed by atoms with Gasteiger partial charge >= 0.3 is 0 Å². The van der Waals surface area contributed by atoms with Crippen LogP contribution in [0.3, 0.4) is 0 Å². The van der Waals surface area contributed by atoms with Crippen LogP contribution in [0, 0.1) is 17.8 Å². The maximum Gasteiger partial charge on any atom is 0.0497 e. The molecule has 1 heterocycles. The maximum atomic E-state index is 9.10. The third kappa shape index (κ3) is 2.29. The Morgan fingerprint density at radius 1 is 1.14 bits per heavy atom. The molecule has 1 N–H and O–H groups in total. The van der Waals surface area contributed by atoms with E-state index in [-0.39, 0.29) is 0 Å². The molecule has 2 heteroatoms. The molecule has 0 aromatic carbocycles. The van der Waals surface area contributed by atoms with Crippen molar-refractivity contribution in [3.8, 4) is 0 Å². The normalized spacial score (nSPS) is 31.1. The lowest BCUT2D eigenvalue weighted by Gasteiger charge is -2.40. The molecule has 1 saturated heterocycles. The van der Waals surface area contributed by atoms with Crippen LogP contribution in [0.5, 0.6) is 0 Å². The second kappa shape index (κ2) is 5.13. The summed E-state index contributed by atoms with van der Waals surface area (Å²) in [5.41, 5.74) is 0. The summed E-state index contributed by atoms with van der Waals surface area (Å²) in [6.07, 6.45) is 7.72. The first-order valence-electron chi connectivity index (χ1n) is 6.10. The second-order valence-electron chi connectivity index (χ2n) is 4.84. The minimum atomic E-state index is 0.359. The Labute approximate surface area is 86.6 Å². The molecule has 2 rings (SSSR count). The monoisotopic (exact) mass is 198 g/mol. The Kier molecular flexibility index (Phi) is 3.82. The standard InChI is InChI=1S/C12H22O2/c13-7-6-12(10-3-1-4-10)11-5-2-8-14-9-11/h10-13H,1-9H2. The third-order valence-electron chi connectivity index (χ3n) is 4.02. The molecule has 2 atom stereocenters. The van der Waals surface area contributed by atoms with Crippen molar-refractivity contribution in [2.75, 3.05) is 19.8 Å². The van der Waals surface area contributed by atoms with Crippen LogP contribution in [0.4, 0.5) is 0 Å². The highest BCUT2D eigenvalue weighted by atomic mass is 16.5. The second-order valence-corrected chi connectivity index (χ2v) is 4.84.